The maximum absolute atomic E-state index is 11.7. The minimum Gasteiger partial charge on any atom is -0.342 e. The first kappa shape index (κ1) is 14.6. The minimum absolute atomic E-state index is 0.0845. The number of aryl methyl sites for hydroxylation is 1. The second-order valence-electron chi connectivity index (χ2n) is 7.28. The summed E-state index contributed by atoms with van der Waals surface area (Å²) in [4.78, 5) is 18.3. The fraction of sp³-hybridized carbons (Fsp3) is 0.350. The van der Waals surface area contributed by atoms with Crippen LogP contribution in [-0.4, -0.2) is 38.7 Å². The average Bonchev–Trinajstić information content (AvgIpc) is 3.32. The number of nitrogens with zero attached hydrogens (tertiary/aromatic N) is 4. The van der Waals surface area contributed by atoms with Gasteiger partial charge in [-0.15, -0.1) is 0 Å². The first-order chi connectivity index (χ1) is 12.1. The van der Waals surface area contributed by atoms with E-state index in [0.717, 1.165) is 54.6 Å². The Morgan fingerprint density at radius 3 is 2.84 bits per heavy atom. The highest BCUT2D eigenvalue weighted by atomic mass is 16.2. The number of para-hydroxylation sites is 1. The van der Waals surface area contributed by atoms with Crippen molar-refractivity contribution in [1.82, 2.24) is 19.7 Å². The molecule has 2 aliphatic rings. The van der Waals surface area contributed by atoms with Crippen LogP contribution in [0, 0.1) is 0 Å². The quantitative estimate of drug-likeness (QED) is 0.688. The van der Waals surface area contributed by atoms with E-state index in [1.807, 2.05) is 29.3 Å². The first-order valence-corrected chi connectivity index (χ1v) is 8.84. The van der Waals surface area contributed by atoms with Crippen LogP contribution in [0.2, 0.25) is 0 Å². The number of carbonyl (C=O) groups excluding carboxylic acids is 1. The largest absolute Gasteiger partial charge is 0.342 e. The van der Waals surface area contributed by atoms with Gasteiger partial charge in [0.25, 0.3) is 0 Å². The van der Waals surface area contributed by atoms with Crippen LogP contribution in [0.4, 0.5) is 0 Å². The molecule has 2 aliphatic heterocycles. The Morgan fingerprint density at radius 2 is 2.00 bits per heavy atom. The predicted octanol–water partition coefficient (Wildman–Crippen LogP) is 2.99. The van der Waals surface area contributed by atoms with Gasteiger partial charge >= 0.3 is 0 Å². The lowest BCUT2D eigenvalue weighted by atomic mass is 9.82. The molecule has 5 nitrogen and oxygen atoms in total. The Hall–Kier alpha value is -2.69. The van der Waals surface area contributed by atoms with E-state index >= 15 is 0 Å². The Kier molecular flexibility index (Phi) is 3.02. The van der Waals surface area contributed by atoms with Gasteiger partial charge in [-0.25, -0.2) is 0 Å². The van der Waals surface area contributed by atoms with E-state index in [0.29, 0.717) is 0 Å². The molecule has 1 spiro atoms. The van der Waals surface area contributed by atoms with Crippen LogP contribution < -0.4 is 0 Å². The van der Waals surface area contributed by atoms with Crippen molar-refractivity contribution in [3.8, 4) is 11.3 Å². The van der Waals surface area contributed by atoms with Crippen LogP contribution in [0.15, 0.2) is 42.6 Å². The molecule has 3 aromatic rings. The molecule has 4 heterocycles. The van der Waals surface area contributed by atoms with E-state index < -0.39 is 0 Å². The lowest BCUT2D eigenvalue weighted by Gasteiger charge is -2.22. The van der Waals surface area contributed by atoms with Crippen LogP contribution in [0.5, 0.6) is 0 Å². The molecule has 0 bridgehead atoms. The second-order valence-corrected chi connectivity index (χ2v) is 7.28. The summed E-state index contributed by atoms with van der Waals surface area (Å²) in [5, 5.41) is 5.96. The van der Waals surface area contributed by atoms with E-state index in [2.05, 4.69) is 27.9 Å². The highest BCUT2D eigenvalue weighted by molar-refractivity contribution is 5.82. The van der Waals surface area contributed by atoms with Crippen molar-refractivity contribution in [3.63, 3.8) is 0 Å². The van der Waals surface area contributed by atoms with Crippen LogP contribution in [0.25, 0.3) is 22.2 Å². The highest BCUT2D eigenvalue weighted by Gasteiger charge is 2.46. The van der Waals surface area contributed by atoms with Gasteiger partial charge in [0, 0.05) is 54.8 Å². The zero-order chi connectivity index (χ0) is 17.0. The molecule has 126 valence electrons. The Labute approximate surface area is 146 Å². The fourth-order valence-corrected chi connectivity index (χ4v) is 4.37. The molecule has 1 aromatic carbocycles. The normalized spacial score (nSPS) is 22.0. The lowest BCUT2D eigenvalue weighted by Crippen LogP contribution is -2.31. The van der Waals surface area contributed by atoms with Gasteiger partial charge in [-0.2, -0.15) is 5.10 Å². The highest BCUT2D eigenvalue weighted by Crippen LogP contribution is 2.43. The second kappa shape index (κ2) is 5.15. The standard InChI is InChI=1S/C20H20N4O/c1-14(25)23-8-6-20(13-23)7-9-24-19(20)11-18(22-24)16-10-15-4-2-3-5-17(15)21-12-16/h2-5,10-12H,6-9,13H2,1H3. The lowest BCUT2D eigenvalue weighted by molar-refractivity contribution is -0.128. The third-order valence-corrected chi connectivity index (χ3v) is 5.81. The van der Waals surface area contributed by atoms with E-state index in [-0.39, 0.29) is 11.3 Å². The summed E-state index contributed by atoms with van der Waals surface area (Å²) in [6.45, 7) is 4.27. The van der Waals surface area contributed by atoms with Crippen molar-refractivity contribution in [3.05, 3.63) is 48.3 Å². The molecular weight excluding hydrogens is 312 g/mol. The zero-order valence-electron chi connectivity index (χ0n) is 14.3. The molecule has 1 atom stereocenters. The average molecular weight is 332 g/mol. The maximum Gasteiger partial charge on any atom is 0.219 e. The molecule has 0 N–H and O–H groups in total. The number of aromatic nitrogens is 3. The first-order valence-electron chi connectivity index (χ1n) is 8.84. The van der Waals surface area contributed by atoms with E-state index in [1.165, 1.54) is 5.69 Å². The molecule has 1 amide bonds. The van der Waals surface area contributed by atoms with Gasteiger partial charge in [-0.3, -0.25) is 14.5 Å². The van der Waals surface area contributed by atoms with E-state index in [4.69, 9.17) is 5.10 Å². The summed E-state index contributed by atoms with van der Waals surface area (Å²) >= 11 is 0. The molecule has 5 rings (SSSR count). The molecular formula is C20H20N4O. The summed E-state index contributed by atoms with van der Waals surface area (Å²) in [5.41, 5.74) is 4.40. The number of amides is 1. The fourth-order valence-electron chi connectivity index (χ4n) is 4.37. The molecule has 2 aromatic heterocycles. The van der Waals surface area contributed by atoms with Gasteiger partial charge in [-0.05, 0) is 31.0 Å². The van der Waals surface area contributed by atoms with E-state index in [9.17, 15) is 4.79 Å². The Balaban J connectivity index is 1.53. The maximum atomic E-state index is 11.7. The minimum atomic E-state index is 0.0845. The number of carbonyl (C=O) groups is 1. The van der Waals surface area contributed by atoms with Gasteiger partial charge in [0.1, 0.15) is 0 Å². The summed E-state index contributed by atoms with van der Waals surface area (Å²) in [6, 6.07) is 12.5. The van der Waals surface area contributed by atoms with Gasteiger partial charge in [-0.1, -0.05) is 18.2 Å². The van der Waals surface area contributed by atoms with Gasteiger partial charge < -0.3 is 4.90 Å². The van der Waals surface area contributed by atoms with Gasteiger partial charge in [0.2, 0.25) is 5.91 Å². The zero-order valence-corrected chi connectivity index (χ0v) is 14.3. The molecule has 25 heavy (non-hydrogen) atoms. The monoisotopic (exact) mass is 332 g/mol. The summed E-state index contributed by atoms with van der Waals surface area (Å²) < 4.78 is 2.13. The van der Waals surface area contributed by atoms with Gasteiger partial charge in [0.15, 0.2) is 0 Å². The number of fused-ring (bicyclic) bond motifs is 3. The predicted molar refractivity (Wildman–Crippen MR) is 96.1 cm³/mol. The summed E-state index contributed by atoms with van der Waals surface area (Å²) in [6.07, 6.45) is 4.02. The molecule has 0 saturated carbocycles. The number of hydrogen-bond acceptors (Lipinski definition) is 3. The van der Waals surface area contributed by atoms with Crippen molar-refractivity contribution in [2.45, 2.75) is 31.7 Å². The van der Waals surface area contributed by atoms with Crippen LogP contribution in [0.1, 0.15) is 25.5 Å². The van der Waals surface area contributed by atoms with E-state index in [1.54, 1.807) is 6.92 Å². The number of pyridine rings is 1. The van der Waals surface area contributed by atoms with Crippen molar-refractivity contribution < 1.29 is 4.79 Å². The molecule has 5 heteroatoms. The number of likely N-dealkylation sites (tertiary alicyclic amines) is 1. The molecule has 1 saturated heterocycles. The molecule has 0 aliphatic carbocycles. The Bertz CT molecular complexity index is 992. The summed E-state index contributed by atoms with van der Waals surface area (Å²) in [5.74, 6) is 0.175. The van der Waals surface area contributed by atoms with Crippen molar-refractivity contribution in [2.24, 2.45) is 0 Å². The topological polar surface area (TPSA) is 51.0 Å². The van der Waals surface area contributed by atoms with Gasteiger partial charge in [0.05, 0.1) is 11.2 Å². The van der Waals surface area contributed by atoms with Crippen LogP contribution in [-0.2, 0) is 16.8 Å². The molecule has 1 fully saturated rings. The third-order valence-electron chi connectivity index (χ3n) is 5.81. The third kappa shape index (κ3) is 2.18. The molecule has 0 radical (unpaired) electrons. The van der Waals surface area contributed by atoms with Crippen molar-refractivity contribution in [2.75, 3.05) is 13.1 Å². The Morgan fingerprint density at radius 1 is 1.16 bits per heavy atom. The number of hydrogen-bond donors (Lipinski definition) is 0. The number of benzene rings is 1. The smallest absolute Gasteiger partial charge is 0.219 e. The SMILES string of the molecule is CC(=O)N1CCC2(CCn3nc(-c4cnc5ccccc5c4)cc32)C1. The number of rotatable bonds is 1. The summed E-state index contributed by atoms with van der Waals surface area (Å²) in [7, 11) is 0. The van der Waals surface area contributed by atoms with Crippen molar-refractivity contribution >= 4 is 16.8 Å². The van der Waals surface area contributed by atoms with Crippen molar-refractivity contribution in [1.29, 1.82) is 0 Å². The van der Waals surface area contributed by atoms with Crippen LogP contribution >= 0.6 is 0 Å². The van der Waals surface area contributed by atoms with Crippen LogP contribution in [0.3, 0.4) is 0 Å². The molecule has 1 unspecified atom stereocenters.